The van der Waals surface area contributed by atoms with Gasteiger partial charge in [-0.3, -0.25) is 4.57 Å². The number of esters is 1. The molecule has 25 heavy (non-hydrogen) atoms. The number of quaternary nitrogens is 1. The van der Waals surface area contributed by atoms with Gasteiger partial charge in [-0.15, -0.1) is 0 Å². The van der Waals surface area contributed by atoms with Gasteiger partial charge in [-0.1, -0.05) is 0 Å². The van der Waals surface area contributed by atoms with Gasteiger partial charge in [0.15, 0.2) is 0 Å². The van der Waals surface area contributed by atoms with Crippen molar-refractivity contribution in [1.82, 2.24) is 0 Å². The van der Waals surface area contributed by atoms with E-state index in [9.17, 15) is 4.79 Å². The van der Waals surface area contributed by atoms with Crippen molar-refractivity contribution in [3.63, 3.8) is 0 Å². The number of nitrogens with two attached hydrogens (primary N) is 1. The van der Waals surface area contributed by atoms with Crippen molar-refractivity contribution in [1.29, 1.82) is 0 Å². The van der Waals surface area contributed by atoms with E-state index in [4.69, 9.17) is 34.5 Å². The number of hydrogen-bond donors (Lipinski definition) is 4. The highest BCUT2D eigenvalue weighted by Crippen LogP contribution is 2.22. The maximum atomic E-state index is 12.1. The van der Waals surface area contributed by atoms with Crippen molar-refractivity contribution in [3.05, 3.63) is 23.8 Å². The van der Waals surface area contributed by atoms with Crippen LogP contribution in [0.5, 0.6) is 5.75 Å². The number of phosphoric acid groups is 1. The number of nitrogens with one attached hydrogen (secondary N) is 1. The van der Waals surface area contributed by atoms with Crippen LogP contribution in [0.2, 0.25) is 0 Å². The smallest absolute Gasteiger partial charge is 0.342 e. The fourth-order valence-corrected chi connectivity index (χ4v) is 1.95. The zero-order chi connectivity index (χ0) is 19.5. The molecule has 10 heteroatoms. The van der Waals surface area contributed by atoms with Gasteiger partial charge in [-0.25, -0.2) is 4.79 Å². The van der Waals surface area contributed by atoms with Crippen molar-refractivity contribution in [2.24, 2.45) is 0 Å². The lowest BCUT2D eigenvalue weighted by Crippen LogP contribution is -3.11. The van der Waals surface area contributed by atoms with Crippen molar-refractivity contribution >= 4 is 19.5 Å². The number of benzene rings is 1. The zero-order valence-electron chi connectivity index (χ0n) is 14.7. The summed E-state index contributed by atoms with van der Waals surface area (Å²) in [5.74, 6) is 0.118. The highest BCUT2D eigenvalue weighted by Gasteiger charge is 2.15. The van der Waals surface area contributed by atoms with Gasteiger partial charge in [0.05, 0.1) is 19.7 Å². The average molecular weight is 378 g/mol. The molecule has 0 aliphatic rings. The summed E-state index contributed by atoms with van der Waals surface area (Å²) in [5, 5.41) is 0. The molecule has 0 atom stereocenters. The third-order valence-corrected chi connectivity index (χ3v) is 3.21. The van der Waals surface area contributed by atoms with Crippen LogP contribution in [0.25, 0.3) is 0 Å². The third-order valence-electron chi connectivity index (χ3n) is 3.21. The SMILES string of the molecule is CCOc1cc(N)ccc1C(=O)OCC[NH+](CC)CC.O=P([O-])(O)O. The topological polar surface area (TPSA) is 147 Å². The van der Waals surface area contributed by atoms with Gasteiger partial charge in [0.25, 0.3) is 7.82 Å². The minimum Gasteiger partial charge on any atom is -0.756 e. The molecule has 0 fully saturated rings. The fourth-order valence-electron chi connectivity index (χ4n) is 1.95. The first-order valence-corrected chi connectivity index (χ1v) is 9.44. The Bertz CT molecular complexity index is 565. The standard InChI is InChI=1S/C15H24N2O3.H3O4P/c1-4-17(5-2)9-10-20-15(18)13-8-7-12(16)11-14(13)19-6-3;1-5(2,3)4/h7-8,11H,4-6,9-10,16H2,1-3H3;(H3,1,2,3,4). The first-order chi connectivity index (χ1) is 11.6. The van der Waals surface area contributed by atoms with Crippen molar-refractivity contribution in [2.45, 2.75) is 20.8 Å². The molecule has 0 radical (unpaired) electrons. The number of carbonyl (C=O) groups is 1. The summed E-state index contributed by atoms with van der Waals surface area (Å²) in [5.41, 5.74) is 6.69. The Labute approximate surface area is 147 Å². The van der Waals surface area contributed by atoms with E-state index in [1.54, 1.807) is 18.2 Å². The maximum absolute atomic E-state index is 12.1. The van der Waals surface area contributed by atoms with Crippen LogP contribution in [0.15, 0.2) is 18.2 Å². The lowest BCUT2D eigenvalue weighted by Gasteiger charge is -2.15. The lowest BCUT2D eigenvalue weighted by atomic mass is 10.2. The molecule has 1 aromatic rings. The highest BCUT2D eigenvalue weighted by atomic mass is 31.2. The minimum absolute atomic E-state index is 0.361. The largest absolute Gasteiger partial charge is 0.756 e. The van der Waals surface area contributed by atoms with Crippen LogP contribution in [0.1, 0.15) is 31.1 Å². The molecule has 0 aliphatic heterocycles. The molecule has 9 nitrogen and oxygen atoms in total. The van der Waals surface area contributed by atoms with E-state index in [1.165, 1.54) is 4.90 Å². The van der Waals surface area contributed by atoms with Gasteiger partial charge in [0.2, 0.25) is 0 Å². The van der Waals surface area contributed by atoms with Crippen molar-refractivity contribution in [3.8, 4) is 5.75 Å². The summed E-state index contributed by atoms with van der Waals surface area (Å²) in [7, 11) is -4.89. The molecule has 0 aliphatic carbocycles. The molecule has 1 rings (SSSR count). The number of nitrogen functional groups attached to an aromatic ring is 1. The molecule has 5 N–H and O–H groups in total. The van der Waals surface area contributed by atoms with Crippen LogP contribution in [-0.2, 0) is 9.30 Å². The molecule has 1 aromatic carbocycles. The average Bonchev–Trinajstić information content (AvgIpc) is 2.50. The van der Waals surface area contributed by atoms with E-state index in [2.05, 4.69) is 13.8 Å². The molecule has 144 valence electrons. The molecule has 0 heterocycles. The predicted molar refractivity (Wildman–Crippen MR) is 91.3 cm³/mol. The Morgan fingerprint density at radius 3 is 2.32 bits per heavy atom. The summed E-state index contributed by atoms with van der Waals surface area (Å²) in [4.78, 5) is 36.4. The third kappa shape index (κ3) is 11.5. The second kappa shape index (κ2) is 11.8. The molecule has 0 aromatic heterocycles. The van der Waals surface area contributed by atoms with Crippen molar-refractivity contribution in [2.75, 3.05) is 38.6 Å². The zero-order valence-corrected chi connectivity index (χ0v) is 15.6. The van der Waals surface area contributed by atoms with E-state index in [-0.39, 0.29) is 5.97 Å². The van der Waals surface area contributed by atoms with Crippen molar-refractivity contribution < 1.29 is 38.4 Å². The van der Waals surface area contributed by atoms with Crippen LogP contribution < -0.4 is 20.3 Å². The quantitative estimate of drug-likeness (QED) is 0.261. The van der Waals surface area contributed by atoms with Gasteiger partial charge >= 0.3 is 5.97 Å². The van der Waals surface area contributed by atoms with Crippen LogP contribution in [0, 0.1) is 0 Å². The second-order valence-corrected chi connectivity index (χ2v) is 6.00. The molecular formula is C15H27N2O7P. The monoisotopic (exact) mass is 378 g/mol. The summed E-state index contributed by atoms with van der Waals surface area (Å²) in [6.07, 6.45) is 0. The number of carbonyl (C=O) groups excluding carboxylic acids is 1. The lowest BCUT2D eigenvalue weighted by molar-refractivity contribution is -0.896. The summed E-state index contributed by atoms with van der Waals surface area (Å²) in [6, 6.07) is 4.97. The molecule has 0 amide bonds. The van der Waals surface area contributed by atoms with Crippen LogP contribution in [-0.4, -0.2) is 48.6 Å². The van der Waals surface area contributed by atoms with E-state index in [0.717, 1.165) is 19.6 Å². The molecule has 0 unspecified atom stereocenters. The summed E-state index contributed by atoms with van der Waals surface area (Å²) < 4.78 is 19.5. The van der Waals surface area contributed by atoms with E-state index >= 15 is 0 Å². The van der Waals surface area contributed by atoms with Gasteiger partial charge in [-0.05, 0) is 32.9 Å². The number of rotatable bonds is 8. The number of anilines is 1. The Morgan fingerprint density at radius 2 is 1.84 bits per heavy atom. The first kappa shape index (κ1) is 23.4. The van der Waals surface area contributed by atoms with Gasteiger partial charge in [0.1, 0.15) is 24.5 Å². The summed E-state index contributed by atoms with van der Waals surface area (Å²) >= 11 is 0. The molecule has 0 saturated heterocycles. The van der Waals surface area contributed by atoms with E-state index < -0.39 is 7.82 Å². The van der Waals surface area contributed by atoms with Crippen LogP contribution >= 0.6 is 7.82 Å². The Balaban J connectivity index is 0.00000101. The normalized spacial score (nSPS) is 10.8. The Kier molecular flexibility index (Phi) is 11.1. The summed E-state index contributed by atoms with van der Waals surface area (Å²) in [6.45, 7) is 9.86. The van der Waals surface area contributed by atoms with Gasteiger partial charge in [0, 0.05) is 11.8 Å². The highest BCUT2D eigenvalue weighted by molar-refractivity contribution is 7.43. The number of ether oxygens (including phenoxy) is 2. The van der Waals surface area contributed by atoms with Crippen LogP contribution in [0.4, 0.5) is 5.69 Å². The maximum Gasteiger partial charge on any atom is 0.342 e. The van der Waals surface area contributed by atoms with E-state index in [1.807, 2.05) is 6.92 Å². The molecular weight excluding hydrogens is 351 g/mol. The first-order valence-electron chi connectivity index (χ1n) is 7.91. The molecule has 0 saturated carbocycles. The number of hydrogen-bond acceptors (Lipinski definition) is 6. The Hall–Kier alpha value is -1.64. The van der Waals surface area contributed by atoms with Crippen LogP contribution in [0.3, 0.4) is 0 Å². The fraction of sp³-hybridized carbons (Fsp3) is 0.533. The minimum atomic E-state index is -4.89. The predicted octanol–water partition coefficient (Wildman–Crippen LogP) is -0.812. The van der Waals surface area contributed by atoms with Gasteiger partial charge in [-0.2, -0.15) is 0 Å². The number of likely N-dealkylation sites (N-methyl/N-ethyl adjacent to an activating group) is 1. The molecule has 0 spiro atoms. The van der Waals surface area contributed by atoms with E-state index in [0.29, 0.717) is 30.2 Å². The van der Waals surface area contributed by atoms with Gasteiger partial charge < -0.3 is 34.8 Å². The Morgan fingerprint density at radius 1 is 1.28 bits per heavy atom. The second-order valence-electron chi connectivity index (χ2n) is 5.02. The molecule has 0 bridgehead atoms.